The van der Waals surface area contributed by atoms with Crippen molar-refractivity contribution in [2.75, 3.05) is 14.2 Å². The Bertz CT molecular complexity index is 547. The van der Waals surface area contributed by atoms with Crippen molar-refractivity contribution in [3.8, 4) is 5.75 Å². The molecule has 2 rings (SSSR count). The molecule has 5 heteroatoms. The molecule has 0 unspecified atom stereocenters. The van der Waals surface area contributed by atoms with Crippen LogP contribution in [0.15, 0.2) is 18.2 Å². The van der Waals surface area contributed by atoms with Crippen molar-refractivity contribution in [1.29, 1.82) is 0 Å². The molecule has 21 heavy (non-hydrogen) atoms. The first kappa shape index (κ1) is 15.8. The summed E-state index contributed by atoms with van der Waals surface area (Å²) in [6.45, 7) is 3.80. The summed E-state index contributed by atoms with van der Waals surface area (Å²) in [7, 11) is 2.69. The van der Waals surface area contributed by atoms with E-state index in [4.69, 9.17) is 9.47 Å². The third kappa shape index (κ3) is 2.39. The van der Waals surface area contributed by atoms with Gasteiger partial charge >= 0.3 is 5.97 Å². The summed E-state index contributed by atoms with van der Waals surface area (Å²) < 4.78 is 23.7. The van der Waals surface area contributed by atoms with Gasteiger partial charge in [0.05, 0.1) is 25.2 Å². The van der Waals surface area contributed by atoms with Gasteiger partial charge in [-0.15, -0.1) is 0 Å². The van der Waals surface area contributed by atoms with E-state index in [2.05, 4.69) is 0 Å². The SMILES string of the molecule is COC(=O)C1(c2ccc(OC)c(F)c2)CC(O)(C(C)C)C1. The number of rotatable bonds is 4. The zero-order chi connectivity index (χ0) is 15.8. The molecule has 0 bridgehead atoms. The van der Waals surface area contributed by atoms with E-state index in [1.54, 1.807) is 6.07 Å². The van der Waals surface area contributed by atoms with E-state index >= 15 is 0 Å². The van der Waals surface area contributed by atoms with Gasteiger partial charge in [0.15, 0.2) is 11.6 Å². The fourth-order valence-electron chi connectivity index (χ4n) is 3.03. The molecule has 1 fully saturated rings. The average Bonchev–Trinajstić information content (AvgIpc) is 2.42. The summed E-state index contributed by atoms with van der Waals surface area (Å²) in [5.74, 6) is -0.841. The molecule has 0 spiro atoms. The normalized spacial score (nSPS) is 28.1. The van der Waals surface area contributed by atoms with E-state index in [0.717, 1.165) is 0 Å². The van der Waals surface area contributed by atoms with Gasteiger partial charge in [-0.2, -0.15) is 0 Å². The van der Waals surface area contributed by atoms with E-state index in [1.165, 1.54) is 26.4 Å². The van der Waals surface area contributed by atoms with Crippen LogP contribution in [-0.2, 0) is 14.9 Å². The summed E-state index contributed by atoms with van der Waals surface area (Å²) >= 11 is 0. The molecule has 1 aromatic rings. The molecule has 116 valence electrons. The number of methoxy groups -OCH3 is 2. The largest absolute Gasteiger partial charge is 0.494 e. The number of aliphatic hydroxyl groups is 1. The van der Waals surface area contributed by atoms with Gasteiger partial charge in [0.1, 0.15) is 0 Å². The number of halogens is 1. The van der Waals surface area contributed by atoms with Crippen LogP contribution in [0.1, 0.15) is 32.3 Å². The Morgan fingerprint density at radius 1 is 1.33 bits per heavy atom. The Morgan fingerprint density at radius 3 is 2.38 bits per heavy atom. The second kappa shape index (κ2) is 5.30. The summed E-state index contributed by atoms with van der Waals surface area (Å²) in [6.07, 6.45) is 0.465. The maximum absolute atomic E-state index is 13.9. The van der Waals surface area contributed by atoms with Gasteiger partial charge in [-0.05, 0) is 36.5 Å². The number of esters is 1. The number of carbonyl (C=O) groups excluding carboxylic acids is 1. The minimum absolute atomic E-state index is 0.0124. The minimum Gasteiger partial charge on any atom is -0.494 e. The van der Waals surface area contributed by atoms with Crippen LogP contribution in [0.2, 0.25) is 0 Å². The molecule has 4 nitrogen and oxygen atoms in total. The number of benzene rings is 1. The van der Waals surface area contributed by atoms with Crippen molar-refractivity contribution in [2.45, 2.75) is 37.7 Å². The standard InChI is InChI=1S/C16H21FO4/c1-10(2)16(19)8-15(9-16,14(18)21-4)11-5-6-13(20-3)12(17)7-11/h5-7,10,19H,8-9H2,1-4H3. The van der Waals surface area contributed by atoms with Crippen molar-refractivity contribution in [2.24, 2.45) is 5.92 Å². The van der Waals surface area contributed by atoms with Gasteiger partial charge in [0, 0.05) is 0 Å². The van der Waals surface area contributed by atoms with Gasteiger partial charge in [0.25, 0.3) is 0 Å². The van der Waals surface area contributed by atoms with Crippen molar-refractivity contribution < 1.29 is 23.8 Å². The molecule has 0 amide bonds. The Balaban J connectivity index is 2.40. The molecule has 1 N–H and O–H groups in total. The van der Waals surface area contributed by atoms with Crippen LogP contribution in [0.5, 0.6) is 5.75 Å². The van der Waals surface area contributed by atoms with Gasteiger partial charge < -0.3 is 14.6 Å². The molecule has 1 aromatic carbocycles. The van der Waals surface area contributed by atoms with Crippen LogP contribution < -0.4 is 4.74 Å². The molecule has 0 aromatic heterocycles. The van der Waals surface area contributed by atoms with Crippen molar-refractivity contribution in [3.63, 3.8) is 0 Å². The third-order valence-electron chi connectivity index (χ3n) is 4.57. The highest BCUT2D eigenvalue weighted by atomic mass is 19.1. The van der Waals surface area contributed by atoms with Crippen LogP contribution in [-0.4, -0.2) is 30.9 Å². The van der Waals surface area contributed by atoms with Crippen molar-refractivity contribution in [1.82, 2.24) is 0 Å². The average molecular weight is 296 g/mol. The zero-order valence-electron chi connectivity index (χ0n) is 12.8. The third-order valence-corrected chi connectivity index (χ3v) is 4.57. The number of carbonyl (C=O) groups is 1. The Kier molecular flexibility index (Phi) is 3.97. The monoisotopic (exact) mass is 296 g/mol. The molecule has 0 atom stereocenters. The number of hydrogen-bond donors (Lipinski definition) is 1. The van der Waals surface area contributed by atoms with Gasteiger partial charge in [0.2, 0.25) is 0 Å². The van der Waals surface area contributed by atoms with E-state index in [0.29, 0.717) is 5.56 Å². The summed E-state index contributed by atoms with van der Waals surface area (Å²) in [4.78, 5) is 12.2. The smallest absolute Gasteiger partial charge is 0.316 e. The fourth-order valence-corrected chi connectivity index (χ4v) is 3.03. The quantitative estimate of drug-likeness (QED) is 0.867. The molecular formula is C16H21FO4. The molecule has 1 saturated carbocycles. The lowest BCUT2D eigenvalue weighted by molar-refractivity contribution is -0.175. The fraction of sp³-hybridized carbons (Fsp3) is 0.562. The summed E-state index contributed by atoms with van der Waals surface area (Å²) in [6, 6.07) is 4.43. The Labute approximate surface area is 123 Å². The molecule has 0 saturated heterocycles. The first-order chi connectivity index (χ1) is 9.79. The maximum Gasteiger partial charge on any atom is 0.316 e. The first-order valence-electron chi connectivity index (χ1n) is 6.94. The molecule has 0 aliphatic heterocycles. The van der Waals surface area contributed by atoms with E-state index in [9.17, 15) is 14.3 Å². The van der Waals surface area contributed by atoms with Crippen LogP contribution in [0, 0.1) is 11.7 Å². The lowest BCUT2D eigenvalue weighted by Gasteiger charge is -2.53. The predicted molar refractivity (Wildman–Crippen MR) is 75.7 cm³/mol. The predicted octanol–water partition coefficient (Wildman–Crippen LogP) is 2.43. The highest BCUT2D eigenvalue weighted by Gasteiger charge is 2.61. The van der Waals surface area contributed by atoms with Gasteiger partial charge in [-0.3, -0.25) is 4.79 Å². The van der Waals surface area contributed by atoms with Crippen molar-refractivity contribution >= 4 is 5.97 Å². The van der Waals surface area contributed by atoms with Crippen LogP contribution >= 0.6 is 0 Å². The first-order valence-corrected chi connectivity index (χ1v) is 6.94. The van der Waals surface area contributed by atoms with Crippen LogP contribution in [0.4, 0.5) is 4.39 Å². The number of ether oxygens (including phenoxy) is 2. The van der Waals surface area contributed by atoms with Crippen molar-refractivity contribution in [3.05, 3.63) is 29.6 Å². The Morgan fingerprint density at radius 2 is 1.95 bits per heavy atom. The molecule has 1 aliphatic rings. The minimum atomic E-state index is -0.985. The molecular weight excluding hydrogens is 275 g/mol. The second-order valence-corrected chi connectivity index (χ2v) is 6.03. The molecule has 1 aliphatic carbocycles. The highest BCUT2D eigenvalue weighted by Crippen LogP contribution is 2.54. The maximum atomic E-state index is 13.9. The topological polar surface area (TPSA) is 55.8 Å². The summed E-state index contributed by atoms with van der Waals surface area (Å²) in [5.41, 5.74) is -1.40. The Hall–Kier alpha value is -1.62. The summed E-state index contributed by atoms with van der Waals surface area (Å²) in [5, 5.41) is 10.5. The van der Waals surface area contributed by atoms with Gasteiger partial charge in [-0.1, -0.05) is 19.9 Å². The lowest BCUT2D eigenvalue weighted by Crippen LogP contribution is -2.61. The van der Waals surface area contributed by atoms with Gasteiger partial charge in [-0.25, -0.2) is 4.39 Å². The highest BCUT2D eigenvalue weighted by molar-refractivity contribution is 5.85. The second-order valence-electron chi connectivity index (χ2n) is 6.03. The van der Waals surface area contributed by atoms with E-state index in [1.807, 2.05) is 13.8 Å². The number of hydrogen-bond acceptors (Lipinski definition) is 4. The van der Waals surface area contributed by atoms with Crippen LogP contribution in [0.3, 0.4) is 0 Å². The molecule has 0 radical (unpaired) electrons. The molecule has 0 heterocycles. The van der Waals surface area contributed by atoms with Crippen LogP contribution in [0.25, 0.3) is 0 Å². The zero-order valence-corrected chi connectivity index (χ0v) is 12.8. The lowest BCUT2D eigenvalue weighted by atomic mass is 9.53. The van der Waals surface area contributed by atoms with E-state index in [-0.39, 0.29) is 24.5 Å². The van der Waals surface area contributed by atoms with E-state index < -0.39 is 22.8 Å².